The molecule has 21 heavy (non-hydrogen) atoms. The fraction of sp³-hybridized carbons (Fsp3) is 1.00. The molecule has 1 N–H and O–H groups in total. The van der Waals surface area contributed by atoms with E-state index in [9.17, 15) is 0 Å². The van der Waals surface area contributed by atoms with Crippen LogP contribution in [-0.2, 0) is 4.74 Å². The van der Waals surface area contributed by atoms with E-state index in [0.29, 0.717) is 6.04 Å². The first-order valence-electron chi connectivity index (χ1n) is 9.18. The second-order valence-corrected chi connectivity index (χ2v) is 8.53. The maximum Gasteiger partial charge on any atom is 0.0685 e. The van der Waals surface area contributed by atoms with Crippen LogP contribution in [-0.4, -0.2) is 35.8 Å². The zero-order chi connectivity index (χ0) is 15.1. The fourth-order valence-corrected chi connectivity index (χ4v) is 5.12. The summed E-state index contributed by atoms with van der Waals surface area (Å²) in [5.41, 5.74) is 0.246. The van der Waals surface area contributed by atoms with Gasteiger partial charge in [0.2, 0.25) is 0 Å². The van der Waals surface area contributed by atoms with Crippen LogP contribution < -0.4 is 5.32 Å². The molecule has 1 heterocycles. The topological polar surface area (TPSA) is 21.3 Å². The number of nitrogens with one attached hydrogen (secondary N) is 1. The first kappa shape index (κ1) is 17.6. The van der Waals surface area contributed by atoms with Crippen molar-refractivity contribution in [3.63, 3.8) is 0 Å². The number of hydrogen-bond donors (Lipinski definition) is 1. The first-order chi connectivity index (χ1) is 10.2. The molecule has 0 radical (unpaired) electrons. The molecule has 3 heteroatoms. The largest absolute Gasteiger partial charge is 0.375 e. The molecule has 0 amide bonds. The van der Waals surface area contributed by atoms with Crippen LogP contribution in [0.2, 0.25) is 0 Å². The van der Waals surface area contributed by atoms with Gasteiger partial charge < -0.3 is 10.1 Å². The van der Waals surface area contributed by atoms with E-state index in [1.165, 1.54) is 57.1 Å². The smallest absolute Gasteiger partial charge is 0.0685 e. The predicted molar refractivity (Wildman–Crippen MR) is 94.2 cm³/mol. The number of thioether (sulfide) groups is 1. The van der Waals surface area contributed by atoms with Gasteiger partial charge in [-0.3, -0.25) is 0 Å². The summed E-state index contributed by atoms with van der Waals surface area (Å²) in [6.07, 6.45) is 10.6. The third-order valence-electron chi connectivity index (χ3n) is 5.47. The number of hydrogen-bond acceptors (Lipinski definition) is 3. The van der Waals surface area contributed by atoms with E-state index in [0.717, 1.165) is 24.3 Å². The molecule has 2 aliphatic rings. The molecule has 1 spiro atoms. The number of ether oxygens (including phenoxy) is 1. The van der Waals surface area contributed by atoms with E-state index >= 15 is 0 Å². The minimum atomic E-state index is 0.246. The van der Waals surface area contributed by atoms with Crippen molar-refractivity contribution in [3.8, 4) is 0 Å². The van der Waals surface area contributed by atoms with E-state index < -0.39 is 0 Å². The molecule has 3 atom stereocenters. The van der Waals surface area contributed by atoms with Gasteiger partial charge in [-0.15, -0.1) is 0 Å². The van der Waals surface area contributed by atoms with Crippen LogP contribution in [0.4, 0.5) is 0 Å². The summed E-state index contributed by atoms with van der Waals surface area (Å²) in [7, 11) is 0. The van der Waals surface area contributed by atoms with Gasteiger partial charge in [-0.2, -0.15) is 11.8 Å². The lowest BCUT2D eigenvalue weighted by Crippen LogP contribution is -2.48. The van der Waals surface area contributed by atoms with Crippen LogP contribution in [0, 0.1) is 5.92 Å². The quantitative estimate of drug-likeness (QED) is 0.740. The molecule has 0 aromatic heterocycles. The molecule has 1 saturated carbocycles. The van der Waals surface area contributed by atoms with Crippen LogP contribution in [0.25, 0.3) is 0 Å². The SMILES string of the molecule is CCNC(CSC(C)CC)C1CCOC2(CCCCC2)C1. The summed E-state index contributed by atoms with van der Waals surface area (Å²) in [4.78, 5) is 0. The predicted octanol–water partition coefficient (Wildman–Crippen LogP) is 4.63. The molecule has 3 unspecified atom stereocenters. The lowest BCUT2D eigenvalue weighted by Gasteiger charge is -2.45. The lowest BCUT2D eigenvalue weighted by molar-refractivity contribution is -0.120. The van der Waals surface area contributed by atoms with Crippen molar-refractivity contribution in [2.75, 3.05) is 18.9 Å². The van der Waals surface area contributed by atoms with Gasteiger partial charge in [-0.1, -0.05) is 40.0 Å². The Labute approximate surface area is 136 Å². The van der Waals surface area contributed by atoms with Gasteiger partial charge in [-0.25, -0.2) is 0 Å². The van der Waals surface area contributed by atoms with Gasteiger partial charge >= 0.3 is 0 Å². The Morgan fingerprint density at radius 2 is 2.00 bits per heavy atom. The minimum absolute atomic E-state index is 0.246. The van der Waals surface area contributed by atoms with Crippen molar-refractivity contribution >= 4 is 11.8 Å². The van der Waals surface area contributed by atoms with Gasteiger partial charge in [0, 0.05) is 23.7 Å². The summed E-state index contributed by atoms with van der Waals surface area (Å²) in [6, 6.07) is 0.678. The molecule has 1 aliphatic carbocycles. The minimum Gasteiger partial charge on any atom is -0.375 e. The standard InChI is InChI=1S/C18H35NOS/c1-4-15(3)21-14-17(19-5-2)16-9-12-20-18(13-16)10-7-6-8-11-18/h15-17,19H,4-14H2,1-3H3. The monoisotopic (exact) mass is 313 g/mol. The molecule has 1 saturated heterocycles. The lowest BCUT2D eigenvalue weighted by atomic mass is 9.74. The van der Waals surface area contributed by atoms with Crippen molar-refractivity contribution in [1.82, 2.24) is 5.32 Å². The summed E-state index contributed by atoms with van der Waals surface area (Å²) < 4.78 is 6.28. The first-order valence-corrected chi connectivity index (χ1v) is 10.2. The molecule has 0 aromatic carbocycles. The molecular formula is C18H35NOS. The van der Waals surface area contributed by atoms with Crippen LogP contribution in [0.5, 0.6) is 0 Å². The Bertz CT molecular complexity index is 285. The highest BCUT2D eigenvalue weighted by Gasteiger charge is 2.40. The molecule has 2 nitrogen and oxygen atoms in total. The average Bonchev–Trinajstić information content (AvgIpc) is 2.52. The maximum absolute atomic E-state index is 6.28. The Kier molecular flexibility index (Phi) is 7.37. The third kappa shape index (κ3) is 5.14. The van der Waals surface area contributed by atoms with Crippen molar-refractivity contribution in [1.29, 1.82) is 0 Å². The van der Waals surface area contributed by atoms with Crippen molar-refractivity contribution in [3.05, 3.63) is 0 Å². The highest BCUT2D eigenvalue weighted by molar-refractivity contribution is 7.99. The van der Waals surface area contributed by atoms with E-state index in [4.69, 9.17) is 4.74 Å². The molecular weight excluding hydrogens is 278 g/mol. The highest BCUT2D eigenvalue weighted by Crippen LogP contribution is 2.42. The van der Waals surface area contributed by atoms with Crippen molar-refractivity contribution < 1.29 is 4.74 Å². The molecule has 0 aromatic rings. The zero-order valence-electron chi connectivity index (χ0n) is 14.3. The van der Waals surface area contributed by atoms with E-state index in [1.807, 2.05) is 0 Å². The van der Waals surface area contributed by atoms with E-state index in [1.54, 1.807) is 0 Å². The molecule has 0 bridgehead atoms. The molecule has 2 rings (SSSR count). The van der Waals surface area contributed by atoms with E-state index in [2.05, 4.69) is 37.8 Å². The fourth-order valence-electron chi connectivity index (χ4n) is 3.96. The van der Waals surface area contributed by atoms with Crippen LogP contribution >= 0.6 is 11.8 Å². The Morgan fingerprint density at radius 3 is 2.67 bits per heavy atom. The van der Waals surface area contributed by atoms with E-state index in [-0.39, 0.29) is 5.60 Å². The summed E-state index contributed by atoms with van der Waals surface area (Å²) in [5.74, 6) is 2.08. The number of rotatable bonds is 7. The summed E-state index contributed by atoms with van der Waals surface area (Å²) in [5, 5.41) is 4.56. The molecule has 1 aliphatic heterocycles. The summed E-state index contributed by atoms with van der Waals surface area (Å²) in [6.45, 7) is 8.99. The maximum atomic E-state index is 6.28. The van der Waals surface area contributed by atoms with Gasteiger partial charge in [-0.05, 0) is 44.6 Å². The summed E-state index contributed by atoms with van der Waals surface area (Å²) >= 11 is 2.15. The third-order valence-corrected chi connectivity index (χ3v) is 6.92. The van der Waals surface area contributed by atoms with Crippen LogP contribution in [0.15, 0.2) is 0 Å². The molecule has 124 valence electrons. The Hall–Kier alpha value is 0.270. The molecule has 2 fully saturated rings. The van der Waals surface area contributed by atoms with Gasteiger partial charge in [0.25, 0.3) is 0 Å². The Balaban J connectivity index is 1.91. The average molecular weight is 314 g/mol. The zero-order valence-corrected chi connectivity index (χ0v) is 15.1. The highest BCUT2D eigenvalue weighted by atomic mass is 32.2. The Morgan fingerprint density at radius 1 is 1.24 bits per heavy atom. The van der Waals surface area contributed by atoms with Gasteiger partial charge in [0.15, 0.2) is 0 Å². The van der Waals surface area contributed by atoms with Crippen molar-refractivity contribution in [2.45, 2.75) is 89.0 Å². The van der Waals surface area contributed by atoms with Crippen LogP contribution in [0.3, 0.4) is 0 Å². The van der Waals surface area contributed by atoms with Gasteiger partial charge in [0.1, 0.15) is 0 Å². The van der Waals surface area contributed by atoms with Gasteiger partial charge in [0.05, 0.1) is 5.60 Å². The second kappa shape index (κ2) is 8.79. The van der Waals surface area contributed by atoms with Crippen LogP contribution in [0.1, 0.15) is 72.1 Å². The second-order valence-electron chi connectivity index (χ2n) is 7.06. The van der Waals surface area contributed by atoms with Crippen molar-refractivity contribution in [2.24, 2.45) is 5.92 Å². The normalized spacial score (nSPS) is 28.4.